The molecular formula is C12H12Cl4N2O2. The van der Waals surface area contributed by atoms with Crippen molar-refractivity contribution >= 4 is 59.4 Å². The first-order valence-electron chi connectivity index (χ1n) is 4.96. The van der Waals surface area contributed by atoms with E-state index in [2.05, 4.69) is 0 Å². The molecule has 6 N–H and O–H groups in total. The summed E-state index contributed by atoms with van der Waals surface area (Å²) >= 11 is 12.1. The first kappa shape index (κ1) is 18.8. The highest BCUT2D eigenvalue weighted by Crippen LogP contribution is 2.41. The average Bonchev–Trinajstić information content (AvgIpc) is 2.29. The Morgan fingerprint density at radius 2 is 1.00 bits per heavy atom. The van der Waals surface area contributed by atoms with Gasteiger partial charge in [0.1, 0.15) is 11.5 Å². The standard InChI is InChI=1S/C12H10Cl2N2O2.2ClH/c13-7-3-9(15)11(17)1-5(7)6-2-12(18)10(16)4-8(6)14;;/h1-4,17-18H,15-16H2;2*1H. The van der Waals surface area contributed by atoms with Crippen LogP contribution >= 0.6 is 48.0 Å². The van der Waals surface area contributed by atoms with Crippen LogP contribution in [0.5, 0.6) is 11.5 Å². The number of anilines is 2. The maximum atomic E-state index is 9.59. The molecule has 2 aromatic rings. The van der Waals surface area contributed by atoms with Crippen LogP contribution in [-0.2, 0) is 0 Å². The van der Waals surface area contributed by atoms with Crippen LogP contribution in [-0.4, -0.2) is 10.2 Å². The van der Waals surface area contributed by atoms with E-state index in [0.29, 0.717) is 21.2 Å². The molecular weight excluding hydrogens is 346 g/mol. The van der Waals surface area contributed by atoms with Crippen LogP contribution in [0.4, 0.5) is 11.4 Å². The van der Waals surface area contributed by atoms with E-state index in [1.807, 2.05) is 0 Å². The second-order valence-corrected chi connectivity index (χ2v) is 4.60. The Morgan fingerprint density at radius 1 is 0.700 bits per heavy atom. The van der Waals surface area contributed by atoms with E-state index in [1.165, 1.54) is 24.3 Å². The van der Waals surface area contributed by atoms with E-state index in [9.17, 15) is 10.2 Å². The third-order valence-electron chi connectivity index (χ3n) is 2.52. The van der Waals surface area contributed by atoms with Crippen LogP contribution in [0.2, 0.25) is 10.0 Å². The van der Waals surface area contributed by atoms with E-state index in [1.54, 1.807) is 0 Å². The molecule has 20 heavy (non-hydrogen) atoms. The second-order valence-electron chi connectivity index (χ2n) is 3.78. The fourth-order valence-electron chi connectivity index (χ4n) is 1.57. The van der Waals surface area contributed by atoms with Crippen molar-refractivity contribution in [3.05, 3.63) is 34.3 Å². The van der Waals surface area contributed by atoms with Gasteiger partial charge in [0, 0.05) is 11.1 Å². The highest BCUT2D eigenvalue weighted by molar-refractivity contribution is 6.37. The highest BCUT2D eigenvalue weighted by atomic mass is 35.5. The maximum absolute atomic E-state index is 9.59. The van der Waals surface area contributed by atoms with Crippen molar-refractivity contribution in [3.63, 3.8) is 0 Å². The third-order valence-corrected chi connectivity index (χ3v) is 3.15. The van der Waals surface area contributed by atoms with Crippen molar-refractivity contribution in [1.29, 1.82) is 0 Å². The fourth-order valence-corrected chi connectivity index (χ4v) is 2.12. The summed E-state index contributed by atoms with van der Waals surface area (Å²) in [5.74, 6) is -0.219. The second kappa shape index (κ2) is 6.99. The molecule has 8 heteroatoms. The van der Waals surface area contributed by atoms with E-state index in [-0.39, 0.29) is 47.7 Å². The number of halogens is 4. The maximum Gasteiger partial charge on any atom is 0.139 e. The summed E-state index contributed by atoms with van der Waals surface area (Å²) in [7, 11) is 0. The molecule has 4 nitrogen and oxygen atoms in total. The minimum atomic E-state index is -0.109. The van der Waals surface area contributed by atoms with Crippen molar-refractivity contribution in [1.82, 2.24) is 0 Å². The van der Waals surface area contributed by atoms with Gasteiger partial charge in [-0.1, -0.05) is 23.2 Å². The molecule has 2 aromatic carbocycles. The smallest absolute Gasteiger partial charge is 0.139 e. The summed E-state index contributed by atoms with van der Waals surface area (Å²) in [6.45, 7) is 0. The monoisotopic (exact) mass is 356 g/mol. The molecule has 0 bridgehead atoms. The lowest BCUT2D eigenvalue weighted by atomic mass is 10.0. The number of rotatable bonds is 1. The van der Waals surface area contributed by atoms with Crippen molar-refractivity contribution in [3.8, 4) is 22.6 Å². The van der Waals surface area contributed by atoms with Crippen molar-refractivity contribution in [2.75, 3.05) is 11.5 Å². The van der Waals surface area contributed by atoms with Gasteiger partial charge >= 0.3 is 0 Å². The quantitative estimate of drug-likeness (QED) is 0.457. The number of phenolic OH excluding ortho intramolecular Hbond substituents is 2. The SMILES string of the molecule is Cl.Cl.Nc1cc(Cl)c(-c2cc(O)c(N)cc2Cl)cc1O. The lowest BCUT2D eigenvalue weighted by Gasteiger charge is -2.11. The predicted octanol–water partition coefficient (Wildman–Crippen LogP) is 4.08. The normalized spacial score (nSPS) is 9.50. The first-order valence-corrected chi connectivity index (χ1v) is 5.72. The van der Waals surface area contributed by atoms with Gasteiger partial charge < -0.3 is 21.7 Å². The molecule has 2 rings (SSSR count). The van der Waals surface area contributed by atoms with Gasteiger partial charge in [-0.15, -0.1) is 24.8 Å². The number of benzene rings is 2. The van der Waals surface area contributed by atoms with Crippen LogP contribution in [0.3, 0.4) is 0 Å². The predicted molar refractivity (Wildman–Crippen MR) is 88.5 cm³/mol. The summed E-state index contributed by atoms with van der Waals surface area (Å²) in [5, 5.41) is 19.8. The van der Waals surface area contributed by atoms with E-state index in [4.69, 9.17) is 34.7 Å². The zero-order valence-corrected chi connectivity index (χ0v) is 13.1. The minimum Gasteiger partial charge on any atom is -0.506 e. The van der Waals surface area contributed by atoms with Gasteiger partial charge in [0.05, 0.1) is 21.4 Å². The summed E-state index contributed by atoms with van der Waals surface area (Å²) in [4.78, 5) is 0. The minimum absolute atomic E-state index is 0. The molecule has 0 spiro atoms. The largest absolute Gasteiger partial charge is 0.506 e. The fraction of sp³-hybridized carbons (Fsp3) is 0. The molecule has 0 unspecified atom stereocenters. The van der Waals surface area contributed by atoms with Crippen LogP contribution in [0.15, 0.2) is 24.3 Å². The molecule has 0 aliphatic carbocycles. The molecule has 0 saturated heterocycles. The Morgan fingerprint density at radius 3 is 1.30 bits per heavy atom. The van der Waals surface area contributed by atoms with Gasteiger partial charge in [-0.3, -0.25) is 0 Å². The number of hydrogen-bond donors (Lipinski definition) is 4. The molecule has 0 saturated carbocycles. The van der Waals surface area contributed by atoms with E-state index >= 15 is 0 Å². The molecule has 0 atom stereocenters. The molecule has 0 radical (unpaired) electrons. The molecule has 110 valence electrons. The number of phenols is 2. The van der Waals surface area contributed by atoms with Gasteiger partial charge in [-0.25, -0.2) is 0 Å². The number of nitrogens with two attached hydrogens (primary N) is 2. The van der Waals surface area contributed by atoms with Crippen LogP contribution in [0.25, 0.3) is 11.1 Å². The van der Waals surface area contributed by atoms with Crippen molar-refractivity contribution in [2.45, 2.75) is 0 Å². The van der Waals surface area contributed by atoms with Crippen molar-refractivity contribution in [2.24, 2.45) is 0 Å². The zero-order chi connectivity index (χ0) is 13.4. The van der Waals surface area contributed by atoms with E-state index in [0.717, 1.165) is 0 Å². The van der Waals surface area contributed by atoms with Crippen molar-refractivity contribution < 1.29 is 10.2 Å². The lowest BCUT2D eigenvalue weighted by molar-refractivity contribution is 0.477. The average molecular weight is 358 g/mol. The Labute approximate surface area is 138 Å². The summed E-state index contributed by atoms with van der Waals surface area (Å²) in [5.41, 5.74) is 12.3. The van der Waals surface area contributed by atoms with Gasteiger partial charge in [-0.05, 0) is 24.3 Å². The summed E-state index contributed by atoms with van der Waals surface area (Å²) in [6, 6.07) is 5.59. The zero-order valence-electron chi connectivity index (χ0n) is 9.93. The van der Waals surface area contributed by atoms with Gasteiger partial charge in [0.15, 0.2) is 0 Å². The molecule has 0 fully saturated rings. The number of aromatic hydroxyl groups is 2. The molecule has 0 aliphatic heterocycles. The summed E-state index contributed by atoms with van der Waals surface area (Å²) < 4.78 is 0. The molecule has 0 aromatic heterocycles. The number of nitrogen functional groups attached to an aromatic ring is 2. The topological polar surface area (TPSA) is 92.5 Å². The van der Waals surface area contributed by atoms with Gasteiger partial charge in [-0.2, -0.15) is 0 Å². The third kappa shape index (κ3) is 3.46. The van der Waals surface area contributed by atoms with E-state index < -0.39 is 0 Å². The molecule has 0 amide bonds. The van der Waals surface area contributed by atoms with Crippen LogP contribution in [0.1, 0.15) is 0 Å². The highest BCUT2D eigenvalue weighted by Gasteiger charge is 2.13. The Balaban J connectivity index is 0.00000180. The lowest BCUT2D eigenvalue weighted by Crippen LogP contribution is -1.91. The van der Waals surface area contributed by atoms with Crippen LogP contribution < -0.4 is 11.5 Å². The molecule has 0 aliphatic rings. The summed E-state index contributed by atoms with van der Waals surface area (Å²) in [6.07, 6.45) is 0. The Bertz CT molecular complexity index is 580. The first-order chi connectivity index (χ1) is 8.40. The van der Waals surface area contributed by atoms with Gasteiger partial charge in [0.25, 0.3) is 0 Å². The molecule has 0 heterocycles. The Hall–Kier alpha value is -1.20. The number of hydrogen-bond acceptors (Lipinski definition) is 4. The Kier molecular flexibility index (Phi) is 6.58. The van der Waals surface area contributed by atoms with Gasteiger partial charge in [0.2, 0.25) is 0 Å². The van der Waals surface area contributed by atoms with Crippen LogP contribution in [0, 0.1) is 0 Å².